The van der Waals surface area contributed by atoms with Gasteiger partial charge in [0.2, 0.25) is 0 Å². The summed E-state index contributed by atoms with van der Waals surface area (Å²) in [7, 11) is 0. The van der Waals surface area contributed by atoms with E-state index in [-0.39, 0.29) is 11.8 Å². The topological polar surface area (TPSA) is 74.4 Å². The average Bonchev–Trinajstić information content (AvgIpc) is 2.33. The van der Waals surface area contributed by atoms with Gasteiger partial charge in [0, 0.05) is 18.9 Å². The van der Waals surface area contributed by atoms with E-state index in [0.717, 1.165) is 19.3 Å². The van der Waals surface area contributed by atoms with Crippen LogP contribution in [0.1, 0.15) is 19.3 Å². The second-order valence-electron chi connectivity index (χ2n) is 4.10. The van der Waals surface area contributed by atoms with Crippen molar-refractivity contribution in [2.75, 3.05) is 6.61 Å². The fourth-order valence-corrected chi connectivity index (χ4v) is 1.98. The van der Waals surface area contributed by atoms with Crippen molar-refractivity contribution < 1.29 is 9.66 Å². The Hall–Kier alpha value is -1.69. The van der Waals surface area contributed by atoms with Crippen LogP contribution in [0.25, 0.3) is 0 Å². The van der Waals surface area contributed by atoms with E-state index in [1.54, 1.807) is 6.20 Å². The van der Waals surface area contributed by atoms with Crippen LogP contribution >= 0.6 is 0 Å². The van der Waals surface area contributed by atoms with Gasteiger partial charge in [-0.05, 0) is 25.3 Å². The van der Waals surface area contributed by atoms with Crippen LogP contribution in [0.15, 0.2) is 23.1 Å². The number of aromatic nitrogens is 1. The molecule has 0 bridgehead atoms. The second-order valence-corrected chi connectivity index (χ2v) is 4.10. The van der Waals surface area contributed by atoms with Crippen LogP contribution in [-0.4, -0.2) is 22.2 Å². The molecule has 1 atom stereocenters. The van der Waals surface area contributed by atoms with E-state index in [4.69, 9.17) is 4.74 Å². The Morgan fingerprint density at radius 3 is 3.00 bits per heavy atom. The molecular formula is C11H14N2O4. The molecule has 0 saturated carbocycles. The predicted octanol–water partition coefficient (Wildman–Crippen LogP) is 1.33. The fourth-order valence-electron chi connectivity index (χ4n) is 1.98. The van der Waals surface area contributed by atoms with Crippen molar-refractivity contribution in [1.29, 1.82) is 0 Å². The SMILES string of the molecule is O=c1c([N+](=O)[O-])cccn1C[C@@H]1CCCCO1. The molecule has 2 rings (SSSR count). The van der Waals surface area contributed by atoms with Gasteiger partial charge in [0.05, 0.1) is 17.6 Å². The van der Waals surface area contributed by atoms with E-state index in [9.17, 15) is 14.9 Å². The lowest BCUT2D eigenvalue weighted by atomic mass is 10.1. The summed E-state index contributed by atoms with van der Waals surface area (Å²) in [5.41, 5.74) is -0.949. The molecule has 1 aliphatic heterocycles. The number of pyridine rings is 1. The van der Waals surface area contributed by atoms with Gasteiger partial charge >= 0.3 is 11.2 Å². The van der Waals surface area contributed by atoms with Crippen molar-refractivity contribution in [2.45, 2.75) is 31.9 Å². The third-order valence-electron chi connectivity index (χ3n) is 2.87. The number of rotatable bonds is 3. The molecule has 17 heavy (non-hydrogen) atoms. The Kier molecular flexibility index (Phi) is 3.53. The fraction of sp³-hybridized carbons (Fsp3) is 0.545. The van der Waals surface area contributed by atoms with E-state index in [0.29, 0.717) is 13.2 Å². The molecule has 6 heteroatoms. The van der Waals surface area contributed by atoms with Crippen LogP contribution in [0.4, 0.5) is 5.69 Å². The first-order valence-electron chi connectivity index (χ1n) is 5.64. The van der Waals surface area contributed by atoms with Gasteiger partial charge in [-0.1, -0.05) is 0 Å². The molecule has 1 aliphatic rings. The molecule has 0 aromatic carbocycles. The standard InChI is InChI=1S/C11H14N2O4/c14-11-10(13(15)16)5-3-6-12(11)8-9-4-1-2-7-17-9/h3,5-6,9H,1-2,4,7-8H2/t9-/m0/s1. The quantitative estimate of drug-likeness (QED) is 0.588. The van der Waals surface area contributed by atoms with E-state index >= 15 is 0 Å². The molecule has 0 unspecified atom stereocenters. The van der Waals surface area contributed by atoms with Crippen molar-refractivity contribution in [1.82, 2.24) is 4.57 Å². The molecule has 0 amide bonds. The number of hydrogen-bond acceptors (Lipinski definition) is 4. The first-order valence-corrected chi connectivity index (χ1v) is 5.64. The summed E-state index contributed by atoms with van der Waals surface area (Å²) in [4.78, 5) is 21.7. The lowest BCUT2D eigenvalue weighted by molar-refractivity contribution is -0.386. The molecular weight excluding hydrogens is 224 g/mol. The van der Waals surface area contributed by atoms with Crippen LogP contribution in [0.3, 0.4) is 0 Å². The summed E-state index contributed by atoms with van der Waals surface area (Å²) < 4.78 is 6.86. The summed E-state index contributed by atoms with van der Waals surface area (Å²) >= 11 is 0. The summed E-state index contributed by atoms with van der Waals surface area (Å²) in [6.45, 7) is 1.09. The largest absolute Gasteiger partial charge is 0.376 e. The number of nitro groups is 1. The molecule has 1 fully saturated rings. The predicted molar refractivity (Wildman–Crippen MR) is 60.9 cm³/mol. The zero-order chi connectivity index (χ0) is 12.3. The highest BCUT2D eigenvalue weighted by molar-refractivity contribution is 5.25. The summed E-state index contributed by atoms with van der Waals surface area (Å²) in [5.74, 6) is 0. The lowest BCUT2D eigenvalue weighted by Gasteiger charge is -2.22. The molecule has 1 aromatic heterocycles. The van der Waals surface area contributed by atoms with Gasteiger partial charge in [0.25, 0.3) is 0 Å². The average molecular weight is 238 g/mol. The maximum absolute atomic E-state index is 11.7. The maximum atomic E-state index is 11.7. The van der Waals surface area contributed by atoms with Gasteiger partial charge in [-0.15, -0.1) is 0 Å². The van der Waals surface area contributed by atoms with Crippen LogP contribution in [0.2, 0.25) is 0 Å². The summed E-state index contributed by atoms with van der Waals surface area (Å²) in [6, 6.07) is 2.74. The summed E-state index contributed by atoms with van der Waals surface area (Å²) in [5, 5.41) is 10.6. The smallest absolute Gasteiger partial charge is 0.334 e. The first kappa shape index (κ1) is 11.8. The number of nitrogens with zero attached hydrogens (tertiary/aromatic N) is 2. The van der Waals surface area contributed by atoms with Crippen molar-refractivity contribution in [3.05, 3.63) is 38.8 Å². The molecule has 0 radical (unpaired) electrons. The monoisotopic (exact) mass is 238 g/mol. The highest BCUT2D eigenvalue weighted by Gasteiger charge is 2.18. The van der Waals surface area contributed by atoms with Gasteiger partial charge in [-0.3, -0.25) is 14.9 Å². The molecule has 1 aromatic rings. The maximum Gasteiger partial charge on any atom is 0.334 e. The highest BCUT2D eigenvalue weighted by atomic mass is 16.6. The van der Waals surface area contributed by atoms with Gasteiger partial charge in [-0.2, -0.15) is 0 Å². The van der Waals surface area contributed by atoms with Crippen molar-refractivity contribution in [3.8, 4) is 0 Å². The Balaban J connectivity index is 2.18. The normalized spacial score (nSPS) is 20.1. The molecule has 1 saturated heterocycles. The number of hydrogen-bond donors (Lipinski definition) is 0. The zero-order valence-corrected chi connectivity index (χ0v) is 9.37. The first-order chi connectivity index (χ1) is 8.18. The van der Waals surface area contributed by atoms with Gasteiger partial charge in [0.1, 0.15) is 0 Å². The van der Waals surface area contributed by atoms with E-state index in [1.165, 1.54) is 16.7 Å². The third-order valence-corrected chi connectivity index (χ3v) is 2.87. The Bertz CT molecular complexity index is 463. The Morgan fingerprint density at radius 1 is 1.53 bits per heavy atom. The highest BCUT2D eigenvalue weighted by Crippen LogP contribution is 2.14. The minimum Gasteiger partial charge on any atom is -0.376 e. The Morgan fingerprint density at radius 2 is 2.35 bits per heavy atom. The van der Waals surface area contributed by atoms with Gasteiger partial charge in [-0.25, -0.2) is 0 Å². The summed E-state index contributed by atoms with van der Waals surface area (Å²) in [6.07, 6.45) is 4.57. The van der Waals surface area contributed by atoms with Crippen LogP contribution in [0.5, 0.6) is 0 Å². The third kappa shape index (κ3) is 2.71. The second kappa shape index (κ2) is 5.09. The molecule has 2 heterocycles. The zero-order valence-electron chi connectivity index (χ0n) is 9.37. The molecule has 0 spiro atoms. The van der Waals surface area contributed by atoms with E-state index in [2.05, 4.69) is 0 Å². The minimum absolute atomic E-state index is 0.0107. The lowest BCUT2D eigenvalue weighted by Crippen LogP contribution is -2.30. The molecule has 6 nitrogen and oxygen atoms in total. The van der Waals surface area contributed by atoms with Crippen molar-refractivity contribution in [2.24, 2.45) is 0 Å². The van der Waals surface area contributed by atoms with E-state index < -0.39 is 10.5 Å². The van der Waals surface area contributed by atoms with Crippen molar-refractivity contribution in [3.63, 3.8) is 0 Å². The molecule has 92 valence electrons. The molecule has 0 N–H and O–H groups in total. The van der Waals surface area contributed by atoms with Crippen LogP contribution in [-0.2, 0) is 11.3 Å². The van der Waals surface area contributed by atoms with Gasteiger partial charge < -0.3 is 9.30 Å². The van der Waals surface area contributed by atoms with E-state index in [1.807, 2.05) is 0 Å². The van der Waals surface area contributed by atoms with Gasteiger partial charge in [0.15, 0.2) is 0 Å². The minimum atomic E-state index is -0.652. The van der Waals surface area contributed by atoms with Crippen LogP contribution in [0, 0.1) is 10.1 Å². The Labute approximate surface area is 98.0 Å². The number of ether oxygens (including phenoxy) is 1. The molecule has 0 aliphatic carbocycles. The van der Waals surface area contributed by atoms with Crippen LogP contribution < -0.4 is 5.56 Å². The van der Waals surface area contributed by atoms with Crippen molar-refractivity contribution >= 4 is 5.69 Å².